The summed E-state index contributed by atoms with van der Waals surface area (Å²) in [7, 11) is 2.15. The Balaban J connectivity index is 2.32. The molecule has 0 saturated carbocycles. The number of nitrogens with one attached hydrogen (secondary N) is 1. The van der Waals surface area contributed by atoms with E-state index in [1.54, 1.807) is 6.33 Å². The van der Waals surface area contributed by atoms with E-state index in [4.69, 9.17) is 5.84 Å². The third-order valence-electron chi connectivity index (χ3n) is 3.38. The molecule has 1 aromatic heterocycles. The van der Waals surface area contributed by atoms with Crippen molar-refractivity contribution < 1.29 is 0 Å². The second-order valence-corrected chi connectivity index (χ2v) is 5.05. The standard InChI is InChI=1S/C12H22N6/c1-9(2)10-11(16-13)14-8-15-12(10)18-6-4-17(3)5-7-18/h8-9H,4-7,13H2,1-3H3,(H,14,15,16). The molecule has 100 valence electrons. The van der Waals surface area contributed by atoms with Crippen molar-refractivity contribution in [2.45, 2.75) is 19.8 Å². The monoisotopic (exact) mass is 250 g/mol. The van der Waals surface area contributed by atoms with Crippen LogP contribution in [0.15, 0.2) is 6.33 Å². The van der Waals surface area contributed by atoms with Crippen molar-refractivity contribution >= 4 is 11.6 Å². The smallest absolute Gasteiger partial charge is 0.148 e. The second-order valence-electron chi connectivity index (χ2n) is 5.05. The van der Waals surface area contributed by atoms with Crippen LogP contribution in [-0.4, -0.2) is 48.1 Å². The number of nitrogens with zero attached hydrogens (tertiary/aromatic N) is 4. The third-order valence-corrected chi connectivity index (χ3v) is 3.38. The molecule has 0 amide bonds. The molecular formula is C12H22N6. The van der Waals surface area contributed by atoms with Crippen LogP contribution in [0.4, 0.5) is 11.6 Å². The van der Waals surface area contributed by atoms with Gasteiger partial charge in [-0.15, -0.1) is 0 Å². The Labute approximate surface area is 108 Å². The molecule has 0 atom stereocenters. The predicted molar refractivity (Wildman–Crippen MR) is 73.6 cm³/mol. The summed E-state index contributed by atoms with van der Waals surface area (Å²) in [6, 6.07) is 0. The number of hydrogen-bond donors (Lipinski definition) is 2. The van der Waals surface area contributed by atoms with Crippen molar-refractivity contribution in [1.29, 1.82) is 0 Å². The highest BCUT2D eigenvalue weighted by Gasteiger charge is 2.22. The molecule has 1 aliphatic heterocycles. The molecule has 0 bridgehead atoms. The molecule has 0 unspecified atom stereocenters. The Morgan fingerprint density at radius 3 is 2.44 bits per heavy atom. The molecular weight excluding hydrogens is 228 g/mol. The first-order valence-corrected chi connectivity index (χ1v) is 6.38. The lowest BCUT2D eigenvalue weighted by molar-refractivity contribution is 0.311. The minimum absolute atomic E-state index is 0.340. The Hall–Kier alpha value is -1.40. The van der Waals surface area contributed by atoms with Gasteiger partial charge in [0.15, 0.2) is 0 Å². The molecule has 2 heterocycles. The van der Waals surface area contributed by atoms with Gasteiger partial charge in [-0.3, -0.25) is 0 Å². The van der Waals surface area contributed by atoms with E-state index in [1.807, 2.05) is 0 Å². The molecule has 0 aromatic carbocycles. The highest BCUT2D eigenvalue weighted by Crippen LogP contribution is 2.30. The maximum atomic E-state index is 5.54. The maximum absolute atomic E-state index is 5.54. The Morgan fingerprint density at radius 1 is 1.22 bits per heavy atom. The van der Waals surface area contributed by atoms with Crippen molar-refractivity contribution in [3.8, 4) is 0 Å². The van der Waals surface area contributed by atoms with Gasteiger partial charge in [0.2, 0.25) is 0 Å². The fourth-order valence-electron chi connectivity index (χ4n) is 2.30. The van der Waals surface area contributed by atoms with Gasteiger partial charge >= 0.3 is 0 Å². The maximum Gasteiger partial charge on any atom is 0.148 e. The molecule has 2 rings (SSSR count). The van der Waals surface area contributed by atoms with Crippen molar-refractivity contribution in [3.05, 3.63) is 11.9 Å². The highest BCUT2D eigenvalue weighted by molar-refractivity contribution is 5.60. The largest absolute Gasteiger partial charge is 0.354 e. The number of hydrazine groups is 1. The van der Waals surface area contributed by atoms with Crippen LogP contribution in [0.2, 0.25) is 0 Å². The van der Waals surface area contributed by atoms with Crippen LogP contribution in [-0.2, 0) is 0 Å². The summed E-state index contributed by atoms with van der Waals surface area (Å²) in [4.78, 5) is 13.3. The molecule has 0 spiro atoms. The van der Waals surface area contributed by atoms with Gasteiger partial charge in [0.1, 0.15) is 18.0 Å². The van der Waals surface area contributed by atoms with Gasteiger partial charge in [-0.05, 0) is 13.0 Å². The van der Waals surface area contributed by atoms with Crippen LogP contribution in [0.1, 0.15) is 25.3 Å². The average Bonchev–Trinajstić information content (AvgIpc) is 2.38. The number of likely N-dealkylation sites (N-methyl/N-ethyl adjacent to an activating group) is 1. The van der Waals surface area contributed by atoms with Crippen molar-refractivity contribution in [2.24, 2.45) is 5.84 Å². The minimum Gasteiger partial charge on any atom is -0.354 e. The predicted octanol–water partition coefficient (Wildman–Crippen LogP) is 0.637. The molecule has 0 aliphatic carbocycles. The molecule has 0 radical (unpaired) electrons. The van der Waals surface area contributed by atoms with Gasteiger partial charge in [0.05, 0.1) is 0 Å². The third kappa shape index (κ3) is 2.54. The quantitative estimate of drug-likeness (QED) is 0.606. The van der Waals surface area contributed by atoms with Crippen LogP contribution in [0, 0.1) is 0 Å². The average molecular weight is 250 g/mol. The summed E-state index contributed by atoms with van der Waals surface area (Å²) in [6.07, 6.45) is 1.58. The first kappa shape index (κ1) is 13.0. The van der Waals surface area contributed by atoms with E-state index in [1.165, 1.54) is 0 Å². The number of rotatable bonds is 3. The van der Waals surface area contributed by atoms with Crippen LogP contribution in [0.3, 0.4) is 0 Å². The van der Waals surface area contributed by atoms with Gasteiger partial charge in [-0.2, -0.15) is 0 Å². The molecule has 1 saturated heterocycles. The number of aromatic nitrogens is 2. The van der Waals surface area contributed by atoms with E-state index in [9.17, 15) is 0 Å². The highest BCUT2D eigenvalue weighted by atomic mass is 15.3. The van der Waals surface area contributed by atoms with Gasteiger partial charge in [-0.1, -0.05) is 13.8 Å². The van der Waals surface area contributed by atoms with Crippen LogP contribution >= 0.6 is 0 Å². The lowest BCUT2D eigenvalue weighted by Crippen LogP contribution is -2.45. The van der Waals surface area contributed by atoms with E-state index in [-0.39, 0.29) is 0 Å². The number of hydrogen-bond acceptors (Lipinski definition) is 6. The Bertz CT molecular complexity index is 398. The summed E-state index contributed by atoms with van der Waals surface area (Å²) >= 11 is 0. The summed E-state index contributed by atoms with van der Waals surface area (Å²) < 4.78 is 0. The SMILES string of the molecule is CC(C)c1c(NN)ncnc1N1CCN(C)CC1. The first-order chi connectivity index (χ1) is 8.63. The van der Waals surface area contributed by atoms with Gasteiger partial charge in [0, 0.05) is 31.7 Å². The molecule has 18 heavy (non-hydrogen) atoms. The van der Waals surface area contributed by atoms with Crippen molar-refractivity contribution in [3.63, 3.8) is 0 Å². The van der Waals surface area contributed by atoms with E-state index < -0.39 is 0 Å². The molecule has 1 fully saturated rings. The summed E-state index contributed by atoms with van der Waals surface area (Å²) in [6.45, 7) is 8.40. The topological polar surface area (TPSA) is 70.3 Å². The Kier molecular flexibility index (Phi) is 3.98. The van der Waals surface area contributed by atoms with Gasteiger partial charge in [0.25, 0.3) is 0 Å². The Morgan fingerprint density at radius 2 is 1.89 bits per heavy atom. The van der Waals surface area contributed by atoms with Crippen LogP contribution < -0.4 is 16.2 Å². The second kappa shape index (κ2) is 5.49. The molecule has 6 heteroatoms. The number of nitrogen functional groups attached to an aromatic ring is 1. The van der Waals surface area contributed by atoms with Crippen molar-refractivity contribution in [2.75, 3.05) is 43.6 Å². The zero-order valence-corrected chi connectivity index (χ0v) is 11.3. The van der Waals surface area contributed by atoms with E-state index in [0.717, 1.165) is 43.4 Å². The lowest BCUT2D eigenvalue weighted by Gasteiger charge is -2.34. The van der Waals surface area contributed by atoms with Crippen LogP contribution in [0.25, 0.3) is 0 Å². The first-order valence-electron chi connectivity index (χ1n) is 6.38. The number of nitrogens with two attached hydrogens (primary N) is 1. The van der Waals surface area contributed by atoms with E-state index in [2.05, 4.69) is 46.1 Å². The molecule has 1 aliphatic rings. The van der Waals surface area contributed by atoms with Crippen molar-refractivity contribution in [1.82, 2.24) is 14.9 Å². The number of anilines is 2. The molecule has 3 N–H and O–H groups in total. The minimum atomic E-state index is 0.340. The van der Waals surface area contributed by atoms with E-state index >= 15 is 0 Å². The normalized spacial score (nSPS) is 17.3. The zero-order valence-electron chi connectivity index (χ0n) is 11.3. The fraction of sp³-hybridized carbons (Fsp3) is 0.667. The van der Waals surface area contributed by atoms with E-state index in [0.29, 0.717) is 5.92 Å². The summed E-state index contributed by atoms with van der Waals surface area (Å²) in [5, 5.41) is 0. The zero-order chi connectivity index (χ0) is 13.1. The summed E-state index contributed by atoms with van der Waals surface area (Å²) in [5.74, 6) is 7.63. The summed E-state index contributed by atoms with van der Waals surface area (Å²) in [5.41, 5.74) is 3.78. The molecule has 6 nitrogen and oxygen atoms in total. The van der Waals surface area contributed by atoms with Crippen LogP contribution in [0.5, 0.6) is 0 Å². The number of piperazine rings is 1. The molecule has 1 aromatic rings. The van der Waals surface area contributed by atoms with Gasteiger partial charge in [-0.25, -0.2) is 15.8 Å². The van der Waals surface area contributed by atoms with Gasteiger partial charge < -0.3 is 15.2 Å². The fourth-order valence-corrected chi connectivity index (χ4v) is 2.30. The lowest BCUT2D eigenvalue weighted by atomic mass is 10.0.